The third kappa shape index (κ3) is 5.23. The van der Waals surface area contributed by atoms with Crippen molar-refractivity contribution in [1.29, 1.82) is 0 Å². The average Bonchev–Trinajstić information content (AvgIpc) is 2.61. The first-order valence-electron chi connectivity index (χ1n) is 7.89. The largest absolute Gasteiger partial charge is 0.491 e. The van der Waals surface area contributed by atoms with Crippen molar-refractivity contribution in [2.45, 2.75) is 6.10 Å². The highest BCUT2D eigenvalue weighted by atomic mass is 16.5. The summed E-state index contributed by atoms with van der Waals surface area (Å²) in [7, 11) is 1.64. The van der Waals surface area contributed by atoms with Gasteiger partial charge in [-0.2, -0.15) is 0 Å². The predicted octanol–water partition coefficient (Wildman–Crippen LogP) is 2.81. The van der Waals surface area contributed by atoms with Crippen LogP contribution in [0.25, 0.3) is 10.8 Å². The Kier molecular flexibility index (Phi) is 7.55. The van der Waals surface area contributed by atoms with E-state index in [1.54, 1.807) is 13.2 Å². The van der Waals surface area contributed by atoms with Gasteiger partial charge in [-0.1, -0.05) is 30.3 Å². The highest BCUT2D eigenvalue weighted by Gasteiger charge is 2.10. The van der Waals surface area contributed by atoms with Gasteiger partial charge in [0.2, 0.25) is 0 Å². The molecule has 0 aliphatic heterocycles. The van der Waals surface area contributed by atoms with Gasteiger partial charge in [0, 0.05) is 17.9 Å². The minimum atomic E-state index is -0.693. The zero-order valence-corrected chi connectivity index (χ0v) is 13.9. The summed E-state index contributed by atoms with van der Waals surface area (Å²) in [5.41, 5.74) is 0. The van der Waals surface area contributed by atoms with Gasteiger partial charge in [-0.3, -0.25) is 0 Å². The van der Waals surface area contributed by atoms with Crippen LogP contribution in [0.5, 0.6) is 11.5 Å². The summed E-state index contributed by atoms with van der Waals surface area (Å²) < 4.78 is 21.7. The van der Waals surface area contributed by atoms with Crippen LogP contribution in [0.2, 0.25) is 0 Å². The van der Waals surface area contributed by atoms with Crippen molar-refractivity contribution >= 4 is 10.8 Å². The van der Waals surface area contributed by atoms with E-state index in [9.17, 15) is 5.11 Å². The molecule has 2 aromatic carbocycles. The molecule has 0 aliphatic carbocycles. The van der Waals surface area contributed by atoms with Crippen LogP contribution in [0.3, 0.4) is 0 Å². The fraction of sp³-hybridized carbons (Fsp3) is 0.368. The monoisotopic (exact) mass is 332 g/mol. The second-order valence-electron chi connectivity index (χ2n) is 5.24. The van der Waals surface area contributed by atoms with Gasteiger partial charge >= 0.3 is 0 Å². The summed E-state index contributed by atoms with van der Waals surface area (Å²) in [6.07, 6.45) is 0.949. The van der Waals surface area contributed by atoms with Gasteiger partial charge in [-0.05, 0) is 12.1 Å². The van der Waals surface area contributed by atoms with Crippen molar-refractivity contribution in [3.63, 3.8) is 0 Å². The molecule has 0 saturated carbocycles. The van der Waals surface area contributed by atoms with E-state index in [0.29, 0.717) is 25.6 Å². The first-order valence-corrected chi connectivity index (χ1v) is 7.89. The summed E-state index contributed by atoms with van der Waals surface area (Å²) in [5, 5.41) is 11.8. The number of methoxy groups -OCH3 is 1. The molecule has 2 aromatic rings. The molecular formula is C19H24O5. The molecule has 0 radical (unpaired) electrons. The molecule has 130 valence electrons. The van der Waals surface area contributed by atoms with Crippen molar-refractivity contribution in [1.82, 2.24) is 0 Å². The normalized spacial score (nSPS) is 12.1. The van der Waals surface area contributed by atoms with Gasteiger partial charge in [-0.15, -0.1) is 6.58 Å². The van der Waals surface area contributed by atoms with Crippen molar-refractivity contribution < 1.29 is 24.1 Å². The molecule has 5 heteroatoms. The lowest BCUT2D eigenvalue weighted by molar-refractivity contribution is 0.0217. The van der Waals surface area contributed by atoms with Gasteiger partial charge in [0.05, 0.1) is 19.8 Å². The van der Waals surface area contributed by atoms with E-state index in [2.05, 4.69) is 6.58 Å². The van der Waals surface area contributed by atoms with Crippen LogP contribution in [-0.4, -0.2) is 51.4 Å². The summed E-state index contributed by atoms with van der Waals surface area (Å²) in [4.78, 5) is 0. The third-order valence-corrected chi connectivity index (χ3v) is 3.37. The Morgan fingerprint density at radius 3 is 2.29 bits per heavy atom. The Balaban J connectivity index is 2.05. The lowest BCUT2D eigenvalue weighted by atomic mass is 10.1. The second-order valence-corrected chi connectivity index (χ2v) is 5.24. The van der Waals surface area contributed by atoms with Gasteiger partial charge in [0.1, 0.15) is 30.8 Å². The minimum absolute atomic E-state index is 0.158. The summed E-state index contributed by atoms with van der Waals surface area (Å²) in [5.74, 6) is 1.48. The SMILES string of the molecule is C=CCOCC(O)COc1ccc(OCCOC)c2ccccc12. The van der Waals surface area contributed by atoms with Crippen LogP contribution < -0.4 is 9.47 Å². The molecule has 0 amide bonds. The lowest BCUT2D eigenvalue weighted by Crippen LogP contribution is -2.23. The molecule has 0 saturated heterocycles. The highest BCUT2D eigenvalue weighted by molar-refractivity contribution is 5.93. The number of aliphatic hydroxyl groups excluding tert-OH is 1. The molecule has 1 atom stereocenters. The fourth-order valence-corrected chi connectivity index (χ4v) is 2.25. The van der Waals surface area contributed by atoms with Crippen LogP contribution in [0.15, 0.2) is 49.1 Å². The molecule has 5 nitrogen and oxygen atoms in total. The molecule has 0 aliphatic rings. The zero-order valence-electron chi connectivity index (χ0n) is 13.9. The van der Waals surface area contributed by atoms with E-state index in [-0.39, 0.29) is 13.2 Å². The molecule has 1 N–H and O–H groups in total. The van der Waals surface area contributed by atoms with Crippen LogP contribution in [0.1, 0.15) is 0 Å². The first-order chi connectivity index (χ1) is 11.8. The maximum absolute atomic E-state index is 9.88. The lowest BCUT2D eigenvalue weighted by Gasteiger charge is -2.15. The van der Waals surface area contributed by atoms with E-state index in [0.717, 1.165) is 16.5 Å². The Bertz CT molecular complexity index is 641. The molecule has 0 bridgehead atoms. The van der Waals surface area contributed by atoms with Gasteiger partial charge in [0.15, 0.2) is 0 Å². The number of benzene rings is 2. The number of fused-ring (bicyclic) bond motifs is 1. The van der Waals surface area contributed by atoms with Gasteiger partial charge < -0.3 is 24.1 Å². The van der Waals surface area contributed by atoms with E-state index < -0.39 is 6.10 Å². The zero-order chi connectivity index (χ0) is 17.2. The average molecular weight is 332 g/mol. The quantitative estimate of drug-likeness (QED) is 0.506. The number of hydrogen-bond acceptors (Lipinski definition) is 5. The second kappa shape index (κ2) is 9.93. The molecule has 0 aromatic heterocycles. The number of aliphatic hydroxyl groups is 1. The summed E-state index contributed by atoms with van der Waals surface area (Å²) in [6.45, 7) is 5.36. The van der Waals surface area contributed by atoms with Crippen LogP contribution in [0, 0.1) is 0 Å². The molecule has 0 fully saturated rings. The molecular weight excluding hydrogens is 308 g/mol. The van der Waals surface area contributed by atoms with E-state index >= 15 is 0 Å². The highest BCUT2D eigenvalue weighted by Crippen LogP contribution is 2.33. The minimum Gasteiger partial charge on any atom is -0.491 e. The number of ether oxygens (including phenoxy) is 4. The van der Waals surface area contributed by atoms with Crippen molar-refractivity contribution in [2.75, 3.05) is 40.1 Å². The topological polar surface area (TPSA) is 57.2 Å². The standard InChI is InChI=1S/C19H24O5/c1-3-10-22-13-15(20)14-24-19-9-8-18(23-12-11-21-2)16-6-4-5-7-17(16)19/h3-9,15,20H,1,10-14H2,2H3. The number of rotatable bonds is 11. The van der Waals surface area contributed by atoms with Crippen LogP contribution in [0.4, 0.5) is 0 Å². The maximum Gasteiger partial charge on any atom is 0.127 e. The molecule has 0 heterocycles. The molecule has 24 heavy (non-hydrogen) atoms. The Morgan fingerprint density at radius 2 is 1.67 bits per heavy atom. The van der Waals surface area contributed by atoms with Crippen molar-refractivity contribution in [3.8, 4) is 11.5 Å². The third-order valence-electron chi connectivity index (χ3n) is 3.37. The van der Waals surface area contributed by atoms with Crippen molar-refractivity contribution in [2.24, 2.45) is 0 Å². The number of hydrogen-bond donors (Lipinski definition) is 1. The summed E-state index contributed by atoms with van der Waals surface area (Å²) in [6, 6.07) is 11.6. The fourth-order valence-electron chi connectivity index (χ4n) is 2.25. The van der Waals surface area contributed by atoms with E-state index in [4.69, 9.17) is 18.9 Å². The van der Waals surface area contributed by atoms with E-state index in [1.807, 2.05) is 36.4 Å². The molecule has 0 spiro atoms. The van der Waals surface area contributed by atoms with Crippen molar-refractivity contribution in [3.05, 3.63) is 49.1 Å². The summed E-state index contributed by atoms with van der Waals surface area (Å²) >= 11 is 0. The molecule has 2 rings (SSSR count). The smallest absolute Gasteiger partial charge is 0.127 e. The Hall–Kier alpha value is -2.08. The van der Waals surface area contributed by atoms with Crippen LogP contribution in [-0.2, 0) is 9.47 Å². The first kappa shape index (κ1) is 18.3. The molecule has 1 unspecified atom stereocenters. The predicted molar refractivity (Wildman–Crippen MR) is 93.8 cm³/mol. The van der Waals surface area contributed by atoms with E-state index in [1.165, 1.54) is 0 Å². The van der Waals surface area contributed by atoms with Gasteiger partial charge in [0.25, 0.3) is 0 Å². The maximum atomic E-state index is 9.88. The van der Waals surface area contributed by atoms with Gasteiger partial charge in [-0.25, -0.2) is 0 Å². The van der Waals surface area contributed by atoms with Crippen LogP contribution >= 0.6 is 0 Å². The Labute approximate surface area is 142 Å². The Morgan fingerprint density at radius 1 is 1.00 bits per heavy atom.